The SMILES string of the molecule is C[SiH](C)[Bi]([SiH](C)C)[SiH](C)C. The fraction of sp³-hybridized carbons (Fsp3) is 1.00. The molecule has 0 amide bonds. The number of hydrogen-bond donors (Lipinski definition) is 0. The Bertz CT molecular complexity index is 74.0. The van der Waals surface area contributed by atoms with Crippen LogP contribution in [-0.2, 0) is 0 Å². The predicted molar refractivity (Wildman–Crippen MR) is 62.4 cm³/mol. The van der Waals surface area contributed by atoms with Crippen molar-refractivity contribution in [1.82, 2.24) is 0 Å². The maximum atomic E-state index is 2.62. The Morgan fingerprint density at radius 1 is 0.600 bits per heavy atom. The summed E-state index contributed by atoms with van der Waals surface area (Å²) in [7, 11) is 0. The Balaban J connectivity index is 3.98. The fourth-order valence-corrected chi connectivity index (χ4v) is 141. The van der Waals surface area contributed by atoms with Gasteiger partial charge in [-0.1, -0.05) is 0 Å². The molecule has 0 bridgehead atoms. The summed E-state index contributed by atoms with van der Waals surface area (Å²) in [6.45, 7) is 15.7. The third-order valence-corrected chi connectivity index (χ3v) is 141. The van der Waals surface area contributed by atoms with Gasteiger partial charge in [-0.05, 0) is 0 Å². The minimum absolute atomic E-state index is 0.0741. The van der Waals surface area contributed by atoms with E-state index < -0.39 is 19.2 Å². The van der Waals surface area contributed by atoms with Crippen LogP contribution in [0.3, 0.4) is 0 Å². The Morgan fingerprint density at radius 3 is 0.800 bits per heavy atom. The zero-order chi connectivity index (χ0) is 8.31. The monoisotopic (exact) mass is 386 g/mol. The summed E-state index contributed by atoms with van der Waals surface area (Å²) in [5, 5.41) is 0. The van der Waals surface area contributed by atoms with Crippen molar-refractivity contribution in [3.05, 3.63) is 0 Å². The average Bonchev–Trinajstić information content (AvgIpc) is 1.59. The summed E-state index contributed by atoms with van der Waals surface area (Å²) in [5.41, 5.74) is 0. The van der Waals surface area contributed by atoms with Gasteiger partial charge in [-0.2, -0.15) is 0 Å². The van der Waals surface area contributed by atoms with Gasteiger partial charge in [-0.25, -0.2) is 0 Å². The van der Waals surface area contributed by atoms with Crippen molar-refractivity contribution in [3.8, 4) is 0 Å². The quantitative estimate of drug-likeness (QED) is 0.639. The van der Waals surface area contributed by atoms with Crippen LogP contribution in [0.4, 0.5) is 0 Å². The summed E-state index contributed by atoms with van der Waals surface area (Å²) < 4.78 is 0. The van der Waals surface area contributed by atoms with Crippen molar-refractivity contribution in [2.24, 2.45) is 0 Å². The first-order valence-electron chi connectivity index (χ1n) is 4.24. The van der Waals surface area contributed by atoms with Gasteiger partial charge >= 0.3 is 76.3 Å². The van der Waals surface area contributed by atoms with Crippen molar-refractivity contribution in [3.63, 3.8) is 0 Å². The van der Waals surface area contributed by atoms with Gasteiger partial charge in [0.25, 0.3) is 0 Å². The molecule has 0 nitrogen and oxygen atoms in total. The van der Waals surface area contributed by atoms with Gasteiger partial charge in [0.2, 0.25) is 0 Å². The van der Waals surface area contributed by atoms with E-state index >= 15 is 0 Å². The molecule has 0 heterocycles. The Kier molecular flexibility index (Phi) is 6.03. The van der Waals surface area contributed by atoms with Crippen LogP contribution in [0.2, 0.25) is 39.3 Å². The molecule has 0 unspecified atom stereocenters. The molecule has 0 N–H and O–H groups in total. The van der Waals surface area contributed by atoms with E-state index in [0.29, 0.717) is 0 Å². The van der Waals surface area contributed by atoms with Crippen LogP contribution in [0.25, 0.3) is 0 Å². The molecule has 4 heteroatoms. The summed E-state index contributed by atoms with van der Waals surface area (Å²) >= 11 is -0.664. The fourth-order valence-electron chi connectivity index (χ4n) is 1.79. The first kappa shape index (κ1) is 11.5. The van der Waals surface area contributed by atoms with Gasteiger partial charge in [0, 0.05) is 0 Å². The average molecular weight is 386 g/mol. The van der Waals surface area contributed by atoms with Crippen LogP contribution in [0.5, 0.6) is 0 Å². The van der Waals surface area contributed by atoms with Crippen molar-refractivity contribution in [2.45, 2.75) is 39.3 Å². The van der Waals surface area contributed by atoms with E-state index in [1.807, 2.05) is 0 Å². The molecule has 0 aromatic rings. The molecule has 0 rings (SSSR count). The number of hydrogen-bond acceptors (Lipinski definition) is 0. The van der Waals surface area contributed by atoms with E-state index in [1.165, 1.54) is 0 Å². The molecule has 0 atom stereocenters. The maximum absolute atomic E-state index is 2.62. The molecule has 0 saturated heterocycles. The second-order valence-electron chi connectivity index (χ2n) is 3.73. The van der Waals surface area contributed by atoms with E-state index in [1.54, 1.807) is 0 Å². The zero-order valence-corrected chi connectivity index (χ0v) is 15.1. The van der Waals surface area contributed by atoms with Crippen LogP contribution >= 0.6 is 0 Å². The van der Waals surface area contributed by atoms with Gasteiger partial charge < -0.3 is 0 Å². The van der Waals surface area contributed by atoms with E-state index in [-0.39, 0.29) is 17.8 Å². The third kappa shape index (κ3) is 3.79. The standard InChI is InChI=1S/3C2H7Si.Bi/c3*1-3-2;/h3*3H,1-2H3;. The third-order valence-electron chi connectivity index (χ3n) is 1.79. The van der Waals surface area contributed by atoms with Gasteiger partial charge in [0.15, 0.2) is 0 Å². The van der Waals surface area contributed by atoms with Gasteiger partial charge in [0.05, 0.1) is 0 Å². The van der Waals surface area contributed by atoms with Crippen molar-refractivity contribution in [2.75, 3.05) is 0 Å². The second kappa shape index (κ2) is 5.23. The Hall–Kier alpha value is 1.53. The van der Waals surface area contributed by atoms with Crippen LogP contribution in [0.1, 0.15) is 0 Å². The predicted octanol–water partition coefficient (Wildman–Crippen LogP) is 1.18. The van der Waals surface area contributed by atoms with Crippen molar-refractivity contribution in [1.29, 1.82) is 0 Å². The summed E-state index contributed by atoms with van der Waals surface area (Å²) in [4.78, 5) is 0. The molecule has 0 aliphatic heterocycles. The first-order chi connectivity index (χ1) is 4.46. The summed E-state index contributed by atoms with van der Waals surface area (Å²) in [6.07, 6.45) is 0. The zero-order valence-electron chi connectivity index (χ0n) is 8.18. The van der Waals surface area contributed by atoms with Gasteiger partial charge in [-0.15, -0.1) is 0 Å². The molecule has 62 valence electrons. The van der Waals surface area contributed by atoms with Crippen LogP contribution < -0.4 is 0 Å². The van der Waals surface area contributed by atoms with E-state index in [2.05, 4.69) is 39.3 Å². The van der Waals surface area contributed by atoms with E-state index in [4.69, 9.17) is 0 Å². The van der Waals surface area contributed by atoms with Crippen LogP contribution in [0, 0.1) is 0 Å². The molecule has 0 aromatic carbocycles. The van der Waals surface area contributed by atoms with Gasteiger partial charge in [0.1, 0.15) is 0 Å². The molecular formula is C6H21BiSi3. The molecule has 0 radical (unpaired) electrons. The van der Waals surface area contributed by atoms with Crippen LogP contribution in [-0.4, -0.2) is 37.0 Å². The van der Waals surface area contributed by atoms with E-state index in [0.717, 1.165) is 0 Å². The molecule has 0 spiro atoms. The molecule has 0 aliphatic carbocycles. The summed E-state index contributed by atoms with van der Waals surface area (Å²) in [6, 6.07) is 0. The number of rotatable bonds is 3. The topological polar surface area (TPSA) is 0 Å². The first-order valence-corrected chi connectivity index (χ1v) is 30.8. The molecule has 0 saturated carbocycles. The van der Waals surface area contributed by atoms with E-state index in [9.17, 15) is 0 Å². The van der Waals surface area contributed by atoms with Crippen molar-refractivity contribution < 1.29 is 0 Å². The normalized spacial score (nSPS) is 12.6. The van der Waals surface area contributed by atoms with Crippen LogP contribution in [0.15, 0.2) is 0 Å². The molecular weight excluding hydrogens is 365 g/mol. The molecule has 0 aromatic heterocycles. The molecule has 10 heavy (non-hydrogen) atoms. The minimum atomic E-state index is -0.664. The Morgan fingerprint density at radius 2 is 0.800 bits per heavy atom. The summed E-state index contributed by atoms with van der Waals surface area (Å²) in [5.74, 6) is -0.222. The Labute approximate surface area is 75.8 Å². The van der Waals surface area contributed by atoms with Crippen molar-refractivity contribution >= 4 is 37.0 Å². The second-order valence-corrected chi connectivity index (χ2v) is 81.3. The molecule has 0 aliphatic rings. The molecule has 0 fully saturated rings. The van der Waals surface area contributed by atoms with Gasteiger partial charge in [-0.3, -0.25) is 0 Å².